The van der Waals surface area contributed by atoms with E-state index in [-0.39, 0.29) is 36.7 Å². The molecule has 0 saturated carbocycles. The third kappa shape index (κ3) is 5.04. The highest BCUT2D eigenvalue weighted by Gasteiger charge is 2.15. The first-order chi connectivity index (χ1) is 8.75. The molecule has 0 aromatic heterocycles. The van der Waals surface area contributed by atoms with Crippen LogP contribution in [0.15, 0.2) is 24.3 Å². The zero-order valence-corrected chi connectivity index (χ0v) is 11.3. The van der Waals surface area contributed by atoms with Crippen LogP contribution in [0.25, 0.3) is 0 Å². The number of benzene rings is 1. The Hall–Kier alpha value is -1.33. The van der Waals surface area contributed by atoms with Crippen LogP contribution in [-0.4, -0.2) is 31.6 Å². The second-order valence-electron chi connectivity index (χ2n) is 4.33. The Morgan fingerprint density at radius 2 is 2.26 bits per heavy atom. The number of carbonyl (C=O) groups is 1. The van der Waals surface area contributed by atoms with Gasteiger partial charge < -0.3 is 15.4 Å². The summed E-state index contributed by atoms with van der Waals surface area (Å²) in [6.45, 7) is 1.63. The summed E-state index contributed by atoms with van der Waals surface area (Å²) >= 11 is 0. The zero-order valence-electron chi connectivity index (χ0n) is 10.5. The molecule has 4 nitrogen and oxygen atoms in total. The maximum atomic E-state index is 13.2. The van der Waals surface area contributed by atoms with Gasteiger partial charge in [0.1, 0.15) is 0 Å². The average molecular weight is 289 g/mol. The maximum Gasteiger partial charge on any atom is 0.258 e. The van der Waals surface area contributed by atoms with Crippen molar-refractivity contribution in [2.24, 2.45) is 0 Å². The van der Waals surface area contributed by atoms with Gasteiger partial charge in [-0.1, -0.05) is 12.1 Å². The Labute approximate surface area is 118 Å². The Balaban J connectivity index is 0.00000180. The molecule has 2 N–H and O–H groups in total. The minimum Gasteiger partial charge on any atom is -0.481 e. The molecular formula is C13H18ClFN2O2. The fraction of sp³-hybridized carbons (Fsp3) is 0.462. The molecule has 1 saturated heterocycles. The number of ether oxygens (including phenoxy) is 1. The van der Waals surface area contributed by atoms with E-state index in [1.807, 2.05) is 0 Å². The summed E-state index contributed by atoms with van der Waals surface area (Å²) < 4.78 is 18.4. The third-order valence-electron chi connectivity index (χ3n) is 2.86. The minimum atomic E-state index is -0.454. The molecule has 0 aliphatic carbocycles. The molecule has 1 aromatic carbocycles. The molecule has 1 unspecified atom stereocenters. The summed E-state index contributed by atoms with van der Waals surface area (Å²) in [5, 5.41) is 6.07. The van der Waals surface area contributed by atoms with Crippen LogP contribution >= 0.6 is 12.4 Å². The van der Waals surface area contributed by atoms with Crippen molar-refractivity contribution in [3.05, 3.63) is 30.1 Å². The van der Waals surface area contributed by atoms with Gasteiger partial charge in [0.05, 0.1) is 0 Å². The number of piperidine rings is 1. The zero-order chi connectivity index (χ0) is 12.8. The maximum absolute atomic E-state index is 13.2. The van der Waals surface area contributed by atoms with Crippen molar-refractivity contribution in [3.63, 3.8) is 0 Å². The molecule has 1 amide bonds. The van der Waals surface area contributed by atoms with Gasteiger partial charge >= 0.3 is 0 Å². The Morgan fingerprint density at radius 1 is 1.47 bits per heavy atom. The highest BCUT2D eigenvalue weighted by molar-refractivity contribution is 5.85. The van der Waals surface area contributed by atoms with E-state index in [0.717, 1.165) is 25.9 Å². The second kappa shape index (κ2) is 7.96. The number of para-hydroxylation sites is 1. The first kappa shape index (κ1) is 15.7. The number of amides is 1. The topological polar surface area (TPSA) is 50.4 Å². The molecule has 1 atom stereocenters. The lowest BCUT2D eigenvalue weighted by atomic mass is 10.1. The molecule has 0 spiro atoms. The van der Waals surface area contributed by atoms with Gasteiger partial charge in [-0.2, -0.15) is 0 Å². The molecule has 1 aliphatic heterocycles. The molecule has 106 valence electrons. The van der Waals surface area contributed by atoms with E-state index in [2.05, 4.69) is 10.6 Å². The number of halogens is 2. The van der Waals surface area contributed by atoms with Crippen LogP contribution in [-0.2, 0) is 4.79 Å². The second-order valence-corrected chi connectivity index (χ2v) is 4.33. The average Bonchev–Trinajstić information content (AvgIpc) is 2.39. The van der Waals surface area contributed by atoms with Crippen molar-refractivity contribution >= 4 is 18.3 Å². The number of carbonyl (C=O) groups excluding carboxylic acids is 1. The lowest BCUT2D eigenvalue weighted by Gasteiger charge is -2.23. The van der Waals surface area contributed by atoms with Crippen LogP contribution in [0.5, 0.6) is 5.75 Å². The van der Waals surface area contributed by atoms with Gasteiger partial charge in [-0.25, -0.2) is 4.39 Å². The number of nitrogens with one attached hydrogen (secondary N) is 2. The molecule has 6 heteroatoms. The van der Waals surface area contributed by atoms with Crippen molar-refractivity contribution in [2.45, 2.75) is 18.9 Å². The summed E-state index contributed by atoms with van der Waals surface area (Å²) in [4.78, 5) is 11.6. The van der Waals surface area contributed by atoms with Crippen LogP contribution in [0.3, 0.4) is 0 Å². The molecule has 1 heterocycles. The SMILES string of the molecule is Cl.O=C(COc1ccccc1F)NC1CCCNC1. The fourth-order valence-electron chi connectivity index (χ4n) is 1.95. The van der Waals surface area contributed by atoms with Crippen LogP contribution in [0.2, 0.25) is 0 Å². The van der Waals surface area contributed by atoms with E-state index in [9.17, 15) is 9.18 Å². The van der Waals surface area contributed by atoms with Gasteiger partial charge in [0.25, 0.3) is 5.91 Å². The highest BCUT2D eigenvalue weighted by Crippen LogP contribution is 2.14. The van der Waals surface area contributed by atoms with Gasteiger partial charge in [0, 0.05) is 12.6 Å². The Bertz CT molecular complexity index is 411. The normalized spacial score (nSPS) is 18.3. The predicted octanol–water partition coefficient (Wildman–Crippen LogP) is 1.49. The van der Waals surface area contributed by atoms with Gasteiger partial charge in [-0.05, 0) is 31.5 Å². The van der Waals surface area contributed by atoms with Gasteiger partial charge in [-0.15, -0.1) is 12.4 Å². The van der Waals surface area contributed by atoms with E-state index in [0.29, 0.717) is 0 Å². The summed E-state index contributed by atoms with van der Waals surface area (Å²) in [5.74, 6) is -0.564. The summed E-state index contributed by atoms with van der Waals surface area (Å²) in [5.41, 5.74) is 0. The van der Waals surface area contributed by atoms with Crippen molar-refractivity contribution in [1.82, 2.24) is 10.6 Å². The molecule has 1 aromatic rings. The minimum absolute atomic E-state index is 0. The Kier molecular flexibility index (Phi) is 6.59. The van der Waals surface area contributed by atoms with Crippen molar-refractivity contribution in [1.29, 1.82) is 0 Å². The fourth-order valence-corrected chi connectivity index (χ4v) is 1.95. The predicted molar refractivity (Wildman–Crippen MR) is 73.2 cm³/mol. The van der Waals surface area contributed by atoms with Crippen molar-refractivity contribution in [2.75, 3.05) is 19.7 Å². The Morgan fingerprint density at radius 3 is 2.95 bits per heavy atom. The van der Waals surface area contributed by atoms with Crippen LogP contribution in [0.4, 0.5) is 4.39 Å². The molecule has 0 bridgehead atoms. The highest BCUT2D eigenvalue weighted by atomic mass is 35.5. The monoisotopic (exact) mass is 288 g/mol. The van der Waals surface area contributed by atoms with Gasteiger partial charge in [-0.3, -0.25) is 4.79 Å². The number of rotatable bonds is 4. The van der Waals surface area contributed by atoms with E-state index >= 15 is 0 Å². The molecular weight excluding hydrogens is 271 g/mol. The lowest BCUT2D eigenvalue weighted by Crippen LogP contribution is -2.47. The smallest absolute Gasteiger partial charge is 0.258 e. The summed E-state index contributed by atoms with van der Waals surface area (Å²) in [6.07, 6.45) is 2.03. The van der Waals surface area contributed by atoms with Gasteiger partial charge in [0.2, 0.25) is 0 Å². The first-order valence-corrected chi connectivity index (χ1v) is 6.13. The molecule has 2 rings (SSSR count). The standard InChI is InChI=1S/C13H17FN2O2.ClH/c14-11-5-1-2-6-12(11)18-9-13(17)16-10-4-3-7-15-8-10;/h1-2,5-6,10,15H,3-4,7-9H2,(H,16,17);1H. The lowest BCUT2D eigenvalue weighted by molar-refractivity contribution is -0.123. The number of hydrogen-bond acceptors (Lipinski definition) is 3. The number of hydrogen-bond donors (Lipinski definition) is 2. The van der Waals surface area contributed by atoms with Crippen molar-refractivity contribution in [3.8, 4) is 5.75 Å². The van der Waals surface area contributed by atoms with Gasteiger partial charge in [0.15, 0.2) is 18.2 Å². The van der Waals surface area contributed by atoms with Crippen molar-refractivity contribution < 1.29 is 13.9 Å². The summed E-state index contributed by atoms with van der Waals surface area (Å²) in [7, 11) is 0. The van der Waals surface area contributed by atoms with Crippen LogP contribution in [0, 0.1) is 5.82 Å². The van der Waals surface area contributed by atoms with E-state index in [1.54, 1.807) is 12.1 Å². The summed E-state index contributed by atoms with van der Waals surface area (Å²) in [6, 6.07) is 6.20. The molecule has 1 fully saturated rings. The van der Waals surface area contributed by atoms with E-state index in [1.165, 1.54) is 12.1 Å². The largest absolute Gasteiger partial charge is 0.481 e. The van der Waals surface area contributed by atoms with Crippen LogP contribution in [0.1, 0.15) is 12.8 Å². The third-order valence-corrected chi connectivity index (χ3v) is 2.86. The molecule has 1 aliphatic rings. The molecule has 0 radical (unpaired) electrons. The van der Waals surface area contributed by atoms with Crippen LogP contribution < -0.4 is 15.4 Å². The quantitative estimate of drug-likeness (QED) is 0.883. The first-order valence-electron chi connectivity index (χ1n) is 6.13. The van der Waals surface area contributed by atoms with E-state index < -0.39 is 5.82 Å². The van der Waals surface area contributed by atoms with E-state index in [4.69, 9.17) is 4.74 Å². The molecule has 19 heavy (non-hydrogen) atoms.